The molecule has 0 aliphatic rings. The quantitative estimate of drug-likeness (QED) is 0.395. The Hall–Kier alpha value is -4.19. The van der Waals surface area contributed by atoms with Crippen molar-refractivity contribution in [3.05, 3.63) is 76.7 Å². The lowest BCUT2D eigenvalue weighted by Crippen LogP contribution is -2.31. The molecule has 0 fully saturated rings. The van der Waals surface area contributed by atoms with Crippen LogP contribution in [-0.2, 0) is 16.6 Å². The third-order valence-electron chi connectivity index (χ3n) is 5.74. The van der Waals surface area contributed by atoms with Crippen LogP contribution >= 0.6 is 0 Å². The lowest BCUT2D eigenvalue weighted by atomic mass is 9.87. The molecule has 0 spiro atoms. The summed E-state index contributed by atoms with van der Waals surface area (Å²) in [6.45, 7) is 6.94. The van der Waals surface area contributed by atoms with Gasteiger partial charge in [0.25, 0.3) is 5.91 Å². The smallest absolute Gasteiger partial charge is 0.251 e. The number of nitrogen functional groups attached to an aromatic ring is 1. The zero-order valence-electron chi connectivity index (χ0n) is 20.8. The maximum Gasteiger partial charge on any atom is 0.251 e. The minimum absolute atomic E-state index is 0.0124. The van der Waals surface area contributed by atoms with Gasteiger partial charge in [-0.05, 0) is 60.2 Å². The Kier molecular flexibility index (Phi) is 8.43. The average Bonchev–Trinajstić information content (AvgIpc) is 3.16. The van der Waals surface area contributed by atoms with Crippen LogP contribution in [0.2, 0.25) is 0 Å². The first-order valence-electron chi connectivity index (χ1n) is 11.8. The number of nitrogens with zero attached hydrogens (tertiary/aromatic N) is 3. The minimum atomic E-state index is -0.379. The predicted molar refractivity (Wildman–Crippen MR) is 136 cm³/mol. The van der Waals surface area contributed by atoms with Crippen molar-refractivity contribution in [3.8, 4) is 11.8 Å². The second kappa shape index (κ2) is 11.5. The summed E-state index contributed by atoms with van der Waals surface area (Å²) in [7, 11) is 0. The van der Waals surface area contributed by atoms with Crippen molar-refractivity contribution >= 4 is 17.6 Å². The number of hydrogen-bond donors (Lipinski definition) is 3. The van der Waals surface area contributed by atoms with E-state index in [0.29, 0.717) is 36.3 Å². The normalized spacial score (nSPS) is 11.1. The Bertz CT molecular complexity index is 1250. The average molecular weight is 491 g/mol. The molecule has 0 unspecified atom stereocenters. The van der Waals surface area contributed by atoms with Gasteiger partial charge in [-0.3, -0.25) is 9.59 Å². The zero-order valence-corrected chi connectivity index (χ0v) is 20.8. The maximum atomic E-state index is 13.2. The second-order valence-corrected chi connectivity index (χ2v) is 9.49. The lowest BCUT2D eigenvalue weighted by molar-refractivity contribution is -0.120. The molecule has 1 aromatic heterocycles. The van der Waals surface area contributed by atoms with Gasteiger partial charge in [0.15, 0.2) is 0 Å². The molecule has 0 aliphatic heterocycles. The summed E-state index contributed by atoms with van der Waals surface area (Å²) in [4.78, 5) is 24.4. The van der Waals surface area contributed by atoms with Crippen LogP contribution in [0.4, 0.5) is 10.2 Å². The SMILES string of the molecule is CC(C)(C)c1ccc(C(=O)NCCC(=O)NCCCc2nn(-c3ccc(F)cc3)c(N)c2C#N)cc1. The van der Waals surface area contributed by atoms with E-state index >= 15 is 0 Å². The standard InChI is InChI=1S/C27H31FN6O2/c1-27(2,3)19-8-6-18(7-9-19)26(36)32-16-14-24(35)31-15-4-5-23-22(17-29)25(30)34(33-23)21-12-10-20(28)11-13-21/h6-13H,4-5,14-16,30H2,1-3H3,(H,31,35)(H,32,36). The topological polar surface area (TPSA) is 126 Å². The molecule has 2 aromatic carbocycles. The third-order valence-corrected chi connectivity index (χ3v) is 5.74. The number of aromatic nitrogens is 2. The fourth-order valence-electron chi connectivity index (χ4n) is 3.64. The summed E-state index contributed by atoms with van der Waals surface area (Å²) in [5.41, 5.74) is 9.11. The molecule has 1 heterocycles. The molecule has 3 aromatic rings. The molecule has 0 radical (unpaired) electrons. The number of benzene rings is 2. The van der Waals surface area contributed by atoms with E-state index in [-0.39, 0.29) is 47.4 Å². The molecule has 3 rings (SSSR count). The van der Waals surface area contributed by atoms with Crippen LogP contribution in [0.3, 0.4) is 0 Å². The molecular formula is C27H31FN6O2. The Balaban J connectivity index is 1.42. The lowest BCUT2D eigenvalue weighted by Gasteiger charge is -2.19. The van der Waals surface area contributed by atoms with E-state index in [9.17, 15) is 19.2 Å². The third kappa shape index (κ3) is 6.69. The highest BCUT2D eigenvalue weighted by Gasteiger charge is 2.17. The van der Waals surface area contributed by atoms with E-state index < -0.39 is 0 Å². The molecule has 8 nitrogen and oxygen atoms in total. The van der Waals surface area contributed by atoms with Gasteiger partial charge in [0.05, 0.1) is 11.4 Å². The maximum absolute atomic E-state index is 13.2. The van der Waals surface area contributed by atoms with Gasteiger partial charge in [0.2, 0.25) is 5.91 Å². The molecule has 4 N–H and O–H groups in total. The van der Waals surface area contributed by atoms with Crippen LogP contribution in [-0.4, -0.2) is 34.7 Å². The summed E-state index contributed by atoms with van der Waals surface area (Å²) in [5.74, 6) is -0.598. The number of carbonyl (C=O) groups excluding carboxylic acids is 2. The van der Waals surface area contributed by atoms with Gasteiger partial charge in [-0.15, -0.1) is 0 Å². The van der Waals surface area contributed by atoms with Crippen molar-refractivity contribution in [3.63, 3.8) is 0 Å². The zero-order chi connectivity index (χ0) is 26.3. The first-order valence-corrected chi connectivity index (χ1v) is 11.8. The largest absolute Gasteiger partial charge is 0.382 e. The molecule has 36 heavy (non-hydrogen) atoms. The number of anilines is 1. The van der Waals surface area contributed by atoms with Crippen LogP contribution in [0.1, 0.15) is 60.8 Å². The van der Waals surface area contributed by atoms with E-state index in [1.807, 2.05) is 12.1 Å². The molecule has 0 saturated carbocycles. The van der Waals surface area contributed by atoms with Crippen LogP contribution < -0.4 is 16.4 Å². The van der Waals surface area contributed by atoms with Crippen molar-refractivity contribution in [2.75, 3.05) is 18.8 Å². The van der Waals surface area contributed by atoms with Crippen LogP contribution in [0.25, 0.3) is 5.69 Å². The van der Waals surface area contributed by atoms with Gasteiger partial charge in [-0.2, -0.15) is 10.4 Å². The van der Waals surface area contributed by atoms with Crippen molar-refractivity contribution in [2.45, 2.75) is 45.4 Å². The fraction of sp³-hybridized carbons (Fsp3) is 0.333. The molecule has 0 saturated heterocycles. The molecular weight excluding hydrogens is 459 g/mol. The first kappa shape index (κ1) is 26.4. The van der Waals surface area contributed by atoms with Crippen molar-refractivity contribution in [2.24, 2.45) is 0 Å². The Morgan fingerprint density at radius 1 is 1.06 bits per heavy atom. The number of hydrogen-bond acceptors (Lipinski definition) is 5. The van der Waals surface area contributed by atoms with Crippen molar-refractivity contribution in [1.82, 2.24) is 20.4 Å². The van der Waals surface area contributed by atoms with E-state index in [4.69, 9.17) is 5.73 Å². The Labute approximate surface area is 210 Å². The summed E-state index contributed by atoms with van der Waals surface area (Å²) in [5, 5.41) is 19.4. The fourth-order valence-corrected chi connectivity index (χ4v) is 3.64. The van der Waals surface area contributed by atoms with E-state index in [1.54, 1.807) is 12.1 Å². The number of halogens is 1. The van der Waals surface area contributed by atoms with Crippen LogP contribution in [0.5, 0.6) is 0 Å². The van der Waals surface area contributed by atoms with E-state index in [2.05, 4.69) is 42.6 Å². The number of nitriles is 1. The summed E-state index contributed by atoms with van der Waals surface area (Å²) < 4.78 is 14.6. The first-order chi connectivity index (χ1) is 17.1. The van der Waals surface area contributed by atoms with Crippen molar-refractivity contribution < 1.29 is 14.0 Å². The predicted octanol–water partition coefficient (Wildman–Crippen LogP) is 3.63. The molecule has 2 amide bonds. The van der Waals surface area contributed by atoms with Gasteiger partial charge in [-0.25, -0.2) is 9.07 Å². The molecule has 9 heteroatoms. The van der Waals surface area contributed by atoms with Crippen LogP contribution in [0.15, 0.2) is 48.5 Å². The molecule has 0 bridgehead atoms. The summed E-state index contributed by atoms with van der Waals surface area (Å²) >= 11 is 0. The second-order valence-electron chi connectivity index (χ2n) is 9.49. The van der Waals surface area contributed by atoms with Gasteiger partial charge in [0, 0.05) is 25.1 Å². The number of aryl methyl sites for hydroxylation is 1. The van der Waals surface area contributed by atoms with Crippen molar-refractivity contribution in [1.29, 1.82) is 5.26 Å². The monoisotopic (exact) mass is 490 g/mol. The number of nitrogens with two attached hydrogens (primary N) is 1. The number of rotatable bonds is 9. The highest BCUT2D eigenvalue weighted by molar-refractivity contribution is 5.94. The number of carbonyl (C=O) groups is 2. The highest BCUT2D eigenvalue weighted by Crippen LogP contribution is 2.23. The van der Waals surface area contributed by atoms with E-state index in [1.165, 1.54) is 28.9 Å². The van der Waals surface area contributed by atoms with Gasteiger partial charge in [-0.1, -0.05) is 32.9 Å². The van der Waals surface area contributed by atoms with Gasteiger partial charge in [0.1, 0.15) is 23.3 Å². The molecule has 0 aliphatic carbocycles. The molecule has 0 atom stereocenters. The van der Waals surface area contributed by atoms with Gasteiger partial charge >= 0.3 is 0 Å². The highest BCUT2D eigenvalue weighted by atomic mass is 19.1. The number of nitrogens with one attached hydrogen (secondary N) is 2. The van der Waals surface area contributed by atoms with E-state index in [0.717, 1.165) is 5.56 Å². The van der Waals surface area contributed by atoms with Crippen LogP contribution in [0, 0.1) is 17.1 Å². The summed E-state index contributed by atoms with van der Waals surface area (Å²) in [6, 6.07) is 15.2. The number of amides is 2. The Morgan fingerprint density at radius 3 is 2.33 bits per heavy atom. The summed E-state index contributed by atoms with van der Waals surface area (Å²) in [6.07, 6.45) is 1.14. The Morgan fingerprint density at radius 2 is 1.72 bits per heavy atom. The van der Waals surface area contributed by atoms with Gasteiger partial charge < -0.3 is 16.4 Å². The minimum Gasteiger partial charge on any atom is -0.382 e. The molecule has 188 valence electrons.